The van der Waals surface area contributed by atoms with Gasteiger partial charge in [0.1, 0.15) is 11.5 Å². The first-order chi connectivity index (χ1) is 17.1. The smallest absolute Gasteiger partial charge is 0.337 e. The van der Waals surface area contributed by atoms with Gasteiger partial charge in [-0.25, -0.2) is 4.79 Å². The van der Waals surface area contributed by atoms with Gasteiger partial charge in [-0.2, -0.15) is 10.5 Å². The number of hydrogen-bond acceptors (Lipinski definition) is 8. The van der Waals surface area contributed by atoms with Gasteiger partial charge in [-0.3, -0.25) is 0 Å². The number of carbonyl (C=O) groups excluding carboxylic acids is 1. The summed E-state index contributed by atoms with van der Waals surface area (Å²) in [6.45, 7) is 1.93. The molecule has 0 aliphatic carbocycles. The number of nitrogens with zero attached hydrogens (tertiary/aromatic N) is 2. The molecule has 0 fully saturated rings. The SMILES string of the molecule is CCOC(=O)C1=C(c2ccccc2)NC(SCCCC#N)=C(C#N)[C@H]1c1cc(OC)ccc1OC. The summed E-state index contributed by atoms with van der Waals surface area (Å²) in [6.07, 6.45) is 1.10. The summed E-state index contributed by atoms with van der Waals surface area (Å²) < 4.78 is 16.6. The summed E-state index contributed by atoms with van der Waals surface area (Å²) in [5.74, 6) is 0.465. The first kappa shape index (κ1) is 25.7. The van der Waals surface area contributed by atoms with E-state index in [1.54, 1.807) is 39.3 Å². The van der Waals surface area contributed by atoms with Gasteiger partial charge in [0.25, 0.3) is 0 Å². The van der Waals surface area contributed by atoms with E-state index in [9.17, 15) is 10.1 Å². The third kappa shape index (κ3) is 5.79. The van der Waals surface area contributed by atoms with Crippen molar-refractivity contribution >= 4 is 23.4 Å². The van der Waals surface area contributed by atoms with Gasteiger partial charge in [0.2, 0.25) is 0 Å². The predicted octanol–water partition coefficient (Wildman–Crippen LogP) is 5.14. The molecule has 1 N–H and O–H groups in total. The van der Waals surface area contributed by atoms with Crippen LogP contribution in [0.1, 0.15) is 36.8 Å². The molecule has 35 heavy (non-hydrogen) atoms. The Morgan fingerprint density at radius 2 is 1.89 bits per heavy atom. The van der Waals surface area contributed by atoms with Crippen molar-refractivity contribution < 1.29 is 19.0 Å². The average molecular weight is 490 g/mol. The highest BCUT2D eigenvalue weighted by atomic mass is 32.2. The number of benzene rings is 2. The first-order valence-electron chi connectivity index (χ1n) is 11.2. The van der Waals surface area contributed by atoms with E-state index in [4.69, 9.17) is 19.5 Å². The number of allylic oxidation sites excluding steroid dienone is 1. The topological polar surface area (TPSA) is 104 Å². The monoisotopic (exact) mass is 489 g/mol. The standard InChI is InChI=1S/C27H27N3O4S/c1-4-34-27(31)24-23(20-16-19(32-2)12-13-22(20)33-3)21(17-29)26(35-15-9-8-14-28)30-25(24)18-10-6-5-7-11-18/h5-7,10-13,16,23,30H,4,8-9,15H2,1-3H3/t23-/m1/s1. The number of nitrogens with one attached hydrogen (secondary N) is 1. The Bertz CT molecular complexity index is 1210. The van der Waals surface area contributed by atoms with E-state index in [1.165, 1.54) is 11.8 Å². The number of unbranched alkanes of at least 4 members (excludes halogenated alkanes) is 1. The van der Waals surface area contributed by atoms with Crippen molar-refractivity contribution in [1.82, 2.24) is 5.32 Å². The summed E-state index contributed by atoms with van der Waals surface area (Å²) in [4.78, 5) is 13.4. The third-order valence-electron chi connectivity index (χ3n) is 5.44. The fourth-order valence-corrected chi connectivity index (χ4v) is 4.85. The van der Waals surface area contributed by atoms with Crippen molar-refractivity contribution in [3.8, 4) is 23.6 Å². The van der Waals surface area contributed by atoms with E-state index in [1.807, 2.05) is 30.3 Å². The minimum atomic E-state index is -0.751. The van der Waals surface area contributed by atoms with Crippen LogP contribution in [0.3, 0.4) is 0 Å². The summed E-state index contributed by atoms with van der Waals surface area (Å²) in [5, 5.41) is 23.2. The first-order valence-corrected chi connectivity index (χ1v) is 12.2. The Kier molecular flexibility index (Phi) is 9.23. The molecule has 0 radical (unpaired) electrons. The molecular weight excluding hydrogens is 462 g/mol. The lowest BCUT2D eigenvalue weighted by atomic mass is 9.80. The number of ether oxygens (including phenoxy) is 3. The summed E-state index contributed by atoms with van der Waals surface area (Å²) in [7, 11) is 3.11. The van der Waals surface area contributed by atoms with E-state index >= 15 is 0 Å². The maximum atomic E-state index is 13.4. The molecule has 0 saturated carbocycles. The average Bonchev–Trinajstić information content (AvgIpc) is 2.90. The molecule has 3 rings (SSSR count). The highest BCUT2D eigenvalue weighted by Crippen LogP contribution is 2.47. The number of dihydropyridines is 1. The maximum Gasteiger partial charge on any atom is 0.337 e. The van der Waals surface area contributed by atoms with Gasteiger partial charge in [0.05, 0.1) is 60.8 Å². The van der Waals surface area contributed by atoms with Crippen LogP contribution in [-0.4, -0.2) is 32.5 Å². The number of carbonyl (C=O) groups is 1. The molecule has 2 aromatic carbocycles. The van der Waals surface area contributed by atoms with Crippen LogP contribution >= 0.6 is 11.8 Å². The van der Waals surface area contributed by atoms with Crippen molar-refractivity contribution in [3.05, 3.63) is 75.8 Å². The Hall–Kier alpha value is -3.88. The lowest BCUT2D eigenvalue weighted by Crippen LogP contribution is -2.29. The van der Waals surface area contributed by atoms with Crippen molar-refractivity contribution in [3.63, 3.8) is 0 Å². The Morgan fingerprint density at radius 3 is 2.51 bits per heavy atom. The molecule has 1 aliphatic rings. The van der Waals surface area contributed by atoms with E-state index in [0.29, 0.717) is 57.5 Å². The fraction of sp³-hybridized carbons (Fsp3) is 0.296. The zero-order valence-electron chi connectivity index (χ0n) is 20.0. The van der Waals surface area contributed by atoms with Crippen LogP contribution in [0.15, 0.2) is 64.7 Å². The number of nitriles is 2. The minimum absolute atomic E-state index is 0.188. The van der Waals surface area contributed by atoms with Crippen LogP contribution in [-0.2, 0) is 9.53 Å². The Balaban J connectivity index is 2.30. The second-order valence-electron chi connectivity index (χ2n) is 7.51. The van der Waals surface area contributed by atoms with Crippen LogP contribution < -0.4 is 14.8 Å². The number of hydrogen-bond donors (Lipinski definition) is 1. The molecule has 1 aliphatic heterocycles. The van der Waals surface area contributed by atoms with E-state index in [2.05, 4.69) is 17.5 Å². The molecule has 2 aromatic rings. The van der Waals surface area contributed by atoms with Gasteiger partial charge in [-0.1, -0.05) is 30.3 Å². The number of esters is 1. The molecule has 0 aromatic heterocycles. The molecule has 0 spiro atoms. The highest BCUT2D eigenvalue weighted by molar-refractivity contribution is 8.03. The maximum absolute atomic E-state index is 13.4. The molecule has 1 atom stereocenters. The van der Waals surface area contributed by atoms with Crippen molar-refractivity contribution in [2.24, 2.45) is 0 Å². The number of rotatable bonds is 10. The highest BCUT2D eigenvalue weighted by Gasteiger charge is 2.38. The zero-order valence-corrected chi connectivity index (χ0v) is 20.8. The van der Waals surface area contributed by atoms with Crippen molar-refractivity contribution in [1.29, 1.82) is 10.5 Å². The minimum Gasteiger partial charge on any atom is -0.497 e. The normalized spacial score (nSPS) is 15.1. The molecule has 0 amide bonds. The van der Waals surface area contributed by atoms with Gasteiger partial charge in [0, 0.05) is 17.7 Å². The van der Waals surface area contributed by atoms with Crippen LogP contribution in [0.5, 0.6) is 11.5 Å². The summed E-state index contributed by atoms with van der Waals surface area (Å²) in [6, 6.07) is 19.2. The zero-order chi connectivity index (χ0) is 25.2. The van der Waals surface area contributed by atoms with Crippen LogP contribution in [0, 0.1) is 22.7 Å². The van der Waals surface area contributed by atoms with Crippen LogP contribution in [0.4, 0.5) is 0 Å². The van der Waals surface area contributed by atoms with E-state index < -0.39 is 11.9 Å². The quantitative estimate of drug-likeness (QED) is 0.361. The lowest BCUT2D eigenvalue weighted by molar-refractivity contribution is -0.138. The van der Waals surface area contributed by atoms with Gasteiger partial charge in [-0.15, -0.1) is 11.8 Å². The van der Waals surface area contributed by atoms with Gasteiger partial charge in [-0.05, 0) is 37.1 Å². The van der Waals surface area contributed by atoms with Crippen molar-refractivity contribution in [2.45, 2.75) is 25.7 Å². The molecule has 0 unspecified atom stereocenters. The lowest BCUT2D eigenvalue weighted by Gasteiger charge is -2.31. The van der Waals surface area contributed by atoms with E-state index in [0.717, 1.165) is 5.56 Å². The second-order valence-corrected chi connectivity index (χ2v) is 8.61. The molecule has 1 heterocycles. The van der Waals surface area contributed by atoms with Crippen LogP contribution in [0.25, 0.3) is 5.70 Å². The predicted molar refractivity (Wildman–Crippen MR) is 135 cm³/mol. The molecule has 180 valence electrons. The fourth-order valence-electron chi connectivity index (χ4n) is 3.86. The molecule has 0 saturated heterocycles. The van der Waals surface area contributed by atoms with Crippen molar-refractivity contribution in [2.75, 3.05) is 26.6 Å². The third-order valence-corrected chi connectivity index (χ3v) is 6.54. The second kappa shape index (κ2) is 12.5. The molecule has 0 bridgehead atoms. The van der Waals surface area contributed by atoms with E-state index in [-0.39, 0.29) is 6.61 Å². The van der Waals surface area contributed by atoms with Gasteiger partial charge >= 0.3 is 5.97 Å². The molecule has 7 nitrogen and oxygen atoms in total. The van der Waals surface area contributed by atoms with Crippen LogP contribution in [0.2, 0.25) is 0 Å². The molecule has 8 heteroatoms. The molecular formula is C27H27N3O4S. The van der Waals surface area contributed by atoms with Gasteiger partial charge in [0.15, 0.2) is 0 Å². The number of thioether (sulfide) groups is 1. The Morgan fingerprint density at radius 1 is 1.11 bits per heavy atom. The largest absolute Gasteiger partial charge is 0.497 e. The Labute approximate surface area is 210 Å². The number of methoxy groups -OCH3 is 2. The van der Waals surface area contributed by atoms with Gasteiger partial charge < -0.3 is 19.5 Å². The summed E-state index contributed by atoms with van der Waals surface area (Å²) in [5.41, 5.74) is 2.68. The summed E-state index contributed by atoms with van der Waals surface area (Å²) >= 11 is 1.45.